The maximum atomic E-state index is 5.47. The first-order chi connectivity index (χ1) is 9.22. The molecule has 1 saturated carbocycles. The normalized spacial score (nSPS) is 16.1. The third-order valence-electron chi connectivity index (χ3n) is 4.03. The van der Waals surface area contributed by atoms with Crippen molar-refractivity contribution in [3.8, 4) is 0 Å². The van der Waals surface area contributed by atoms with Gasteiger partial charge in [0.1, 0.15) is 4.64 Å². The highest BCUT2D eigenvalue weighted by Gasteiger charge is 2.18. The van der Waals surface area contributed by atoms with Crippen LogP contribution >= 0.6 is 12.2 Å². The van der Waals surface area contributed by atoms with Crippen LogP contribution in [0.5, 0.6) is 0 Å². The number of nitrogens with one attached hydrogen (secondary N) is 1. The maximum absolute atomic E-state index is 5.47. The van der Waals surface area contributed by atoms with E-state index >= 15 is 0 Å². The molecular weight excluding hydrogens is 252 g/mol. The molecule has 1 aromatic heterocycles. The molecule has 0 aliphatic heterocycles. The number of aromatic nitrogens is 2. The Bertz CT molecular complexity index is 618. The lowest BCUT2D eigenvalue weighted by Gasteiger charge is -2.07. The van der Waals surface area contributed by atoms with Crippen LogP contribution in [0, 0.1) is 11.6 Å². The Labute approximate surface area is 119 Å². The Morgan fingerprint density at radius 3 is 2.79 bits per heavy atom. The SMILES string of the molecule is Cc1cccc(Cn2[nH]c(C3CCCC3)cc2=S)c1. The lowest BCUT2D eigenvalue weighted by atomic mass is 10.1. The molecule has 1 N–H and O–H groups in total. The summed E-state index contributed by atoms with van der Waals surface area (Å²) in [6.07, 6.45) is 5.32. The highest BCUT2D eigenvalue weighted by molar-refractivity contribution is 7.71. The number of H-pyrrole nitrogens is 1. The number of aryl methyl sites for hydroxylation is 1. The van der Waals surface area contributed by atoms with E-state index in [2.05, 4.69) is 47.0 Å². The number of nitrogens with zero attached hydrogens (tertiary/aromatic N) is 1. The Hall–Kier alpha value is -1.35. The molecule has 3 heteroatoms. The van der Waals surface area contributed by atoms with Crippen LogP contribution in [0.25, 0.3) is 0 Å². The first kappa shape index (κ1) is 12.7. The first-order valence-electron chi connectivity index (χ1n) is 7.08. The zero-order chi connectivity index (χ0) is 13.2. The molecule has 1 aromatic carbocycles. The molecule has 0 spiro atoms. The van der Waals surface area contributed by atoms with Crippen molar-refractivity contribution in [1.29, 1.82) is 0 Å². The van der Waals surface area contributed by atoms with Gasteiger partial charge in [0.05, 0.1) is 6.54 Å². The zero-order valence-electron chi connectivity index (χ0n) is 11.4. The molecule has 0 atom stereocenters. The molecule has 19 heavy (non-hydrogen) atoms. The number of rotatable bonds is 3. The van der Waals surface area contributed by atoms with Crippen LogP contribution in [0.1, 0.15) is 48.4 Å². The fourth-order valence-corrected chi connectivity index (χ4v) is 3.25. The van der Waals surface area contributed by atoms with Crippen LogP contribution in [0.4, 0.5) is 0 Å². The summed E-state index contributed by atoms with van der Waals surface area (Å²) in [6.45, 7) is 2.97. The third kappa shape index (κ3) is 2.81. The average molecular weight is 272 g/mol. The minimum absolute atomic E-state index is 0.695. The zero-order valence-corrected chi connectivity index (χ0v) is 12.2. The molecule has 2 aromatic rings. The standard InChI is InChI=1S/C16H20N2S/c1-12-5-4-6-13(9-12)11-18-16(19)10-15(17-18)14-7-2-3-8-14/h4-6,9-10,14,17H,2-3,7-8,11H2,1H3. The number of benzene rings is 1. The van der Waals surface area contributed by atoms with E-state index in [0.29, 0.717) is 5.92 Å². The molecule has 0 bridgehead atoms. The van der Waals surface area contributed by atoms with E-state index in [4.69, 9.17) is 12.2 Å². The summed E-state index contributed by atoms with van der Waals surface area (Å²) >= 11 is 5.47. The van der Waals surface area contributed by atoms with Gasteiger partial charge in [0.25, 0.3) is 0 Å². The van der Waals surface area contributed by atoms with Crippen LogP contribution in [0.15, 0.2) is 30.3 Å². The fourth-order valence-electron chi connectivity index (χ4n) is 3.01. The summed E-state index contributed by atoms with van der Waals surface area (Å²) in [5, 5.41) is 3.50. The Morgan fingerprint density at radius 2 is 2.05 bits per heavy atom. The Kier molecular flexibility index (Phi) is 3.56. The molecule has 1 fully saturated rings. The summed E-state index contributed by atoms with van der Waals surface area (Å²) in [6, 6.07) is 10.8. The van der Waals surface area contributed by atoms with Crippen molar-refractivity contribution in [3.63, 3.8) is 0 Å². The van der Waals surface area contributed by atoms with Gasteiger partial charge in [-0.3, -0.25) is 4.68 Å². The fraction of sp³-hybridized carbons (Fsp3) is 0.438. The Morgan fingerprint density at radius 1 is 1.26 bits per heavy atom. The quantitative estimate of drug-likeness (QED) is 0.812. The topological polar surface area (TPSA) is 20.7 Å². The lowest BCUT2D eigenvalue weighted by Crippen LogP contribution is -2.03. The van der Waals surface area contributed by atoms with E-state index in [1.54, 1.807) is 0 Å². The predicted octanol–water partition coefficient (Wildman–Crippen LogP) is 4.56. The van der Waals surface area contributed by atoms with Crippen molar-refractivity contribution in [2.45, 2.75) is 45.1 Å². The van der Waals surface area contributed by atoms with Crippen LogP contribution < -0.4 is 0 Å². The van der Waals surface area contributed by atoms with Crippen molar-refractivity contribution in [1.82, 2.24) is 9.78 Å². The molecule has 0 amide bonds. The molecule has 100 valence electrons. The molecule has 2 nitrogen and oxygen atoms in total. The largest absolute Gasteiger partial charge is 0.301 e. The number of hydrogen-bond acceptors (Lipinski definition) is 1. The van der Waals surface area contributed by atoms with Gasteiger partial charge in [0.2, 0.25) is 0 Å². The van der Waals surface area contributed by atoms with Crippen molar-refractivity contribution < 1.29 is 0 Å². The van der Waals surface area contributed by atoms with Gasteiger partial charge < -0.3 is 5.10 Å². The molecule has 3 rings (SSSR count). The van der Waals surface area contributed by atoms with E-state index in [1.165, 1.54) is 42.5 Å². The van der Waals surface area contributed by atoms with E-state index in [1.807, 2.05) is 0 Å². The molecule has 1 aliphatic carbocycles. The highest BCUT2D eigenvalue weighted by Crippen LogP contribution is 2.33. The second kappa shape index (κ2) is 5.33. The molecule has 0 saturated heterocycles. The third-order valence-corrected chi connectivity index (χ3v) is 4.37. The molecule has 0 radical (unpaired) electrons. The first-order valence-corrected chi connectivity index (χ1v) is 7.48. The summed E-state index contributed by atoms with van der Waals surface area (Å²) in [7, 11) is 0. The Balaban J connectivity index is 1.83. The smallest absolute Gasteiger partial charge is 0.122 e. The summed E-state index contributed by atoms with van der Waals surface area (Å²) < 4.78 is 3.01. The van der Waals surface area contributed by atoms with Gasteiger partial charge in [-0.25, -0.2) is 0 Å². The van der Waals surface area contributed by atoms with E-state index in [9.17, 15) is 0 Å². The van der Waals surface area contributed by atoms with E-state index in [-0.39, 0.29) is 0 Å². The van der Waals surface area contributed by atoms with Gasteiger partial charge in [-0.15, -0.1) is 0 Å². The summed E-state index contributed by atoms with van der Waals surface area (Å²) in [4.78, 5) is 0. The number of hydrogen-bond donors (Lipinski definition) is 1. The second-order valence-corrected chi connectivity index (χ2v) is 6.02. The van der Waals surface area contributed by atoms with Crippen LogP contribution in [-0.2, 0) is 6.54 Å². The second-order valence-electron chi connectivity index (χ2n) is 5.61. The molecule has 1 aliphatic rings. The molecule has 0 unspecified atom stereocenters. The van der Waals surface area contributed by atoms with E-state index in [0.717, 1.165) is 11.2 Å². The van der Waals surface area contributed by atoms with Gasteiger partial charge >= 0.3 is 0 Å². The van der Waals surface area contributed by atoms with Crippen molar-refractivity contribution in [2.75, 3.05) is 0 Å². The summed E-state index contributed by atoms with van der Waals surface area (Å²) in [5.41, 5.74) is 3.93. The van der Waals surface area contributed by atoms with Crippen LogP contribution in [0.2, 0.25) is 0 Å². The number of aromatic amines is 1. The van der Waals surface area contributed by atoms with Gasteiger partial charge in [0.15, 0.2) is 0 Å². The van der Waals surface area contributed by atoms with Crippen molar-refractivity contribution in [3.05, 3.63) is 51.8 Å². The van der Waals surface area contributed by atoms with Crippen molar-refractivity contribution in [2.24, 2.45) is 0 Å². The van der Waals surface area contributed by atoms with Gasteiger partial charge in [-0.1, -0.05) is 54.9 Å². The highest BCUT2D eigenvalue weighted by atomic mass is 32.1. The van der Waals surface area contributed by atoms with Crippen LogP contribution in [0.3, 0.4) is 0 Å². The minimum Gasteiger partial charge on any atom is -0.301 e. The minimum atomic E-state index is 0.695. The van der Waals surface area contributed by atoms with Gasteiger partial charge in [-0.05, 0) is 31.4 Å². The molecule has 1 heterocycles. The monoisotopic (exact) mass is 272 g/mol. The maximum Gasteiger partial charge on any atom is 0.122 e. The molecular formula is C16H20N2S. The van der Waals surface area contributed by atoms with Crippen LogP contribution in [-0.4, -0.2) is 9.78 Å². The lowest BCUT2D eigenvalue weighted by molar-refractivity contribution is 0.624. The predicted molar refractivity (Wildman–Crippen MR) is 81.1 cm³/mol. The average Bonchev–Trinajstić information content (AvgIpc) is 3.00. The van der Waals surface area contributed by atoms with Gasteiger partial charge in [-0.2, -0.15) is 0 Å². The van der Waals surface area contributed by atoms with Gasteiger partial charge in [0, 0.05) is 11.6 Å². The summed E-state index contributed by atoms with van der Waals surface area (Å²) in [5.74, 6) is 0.695. The van der Waals surface area contributed by atoms with Crippen molar-refractivity contribution >= 4 is 12.2 Å². The van der Waals surface area contributed by atoms with E-state index < -0.39 is 0 Å².